The second-order valence-corrected chi connectivity index (χ2v) is 9.12. The molecule has 4 rings (SSSR count). The summed E-state index contributed by atoms with van der Waals surface area (Å²) in [4.78, 5) is 19.9. The summed E-state index contributed by atoms with van der Waals surface area (Å²) in [7, 11) is 0. The van der Waals surface area contributed by atoms with Crippen molar-refractivity contribution in [1.82, 2.24) is 4.98 Å². The standard InChI is InChI=1S/C25H34N4O/c1-17-7-9-18(10-8-17)19-11-13-21(14-12-19)29-24(26)23-22(15-16-27-25(23)30)28-20-5-3-2-4-6-20/h11-18,20H,2-10H2,1H3,(H2,26,29)(H2,27,28,30). The first-order chi connectivity index (χ1) is 14.6. The van der Waals surface area contributed by atoms with Crippen LogP contribution < -0.4 is 16.6 Å². The van der Waals surface area contributed by atoms with Gasteiger partial charge in [-0.05, 0) is 61.3 Å². The van der Waals surface area contributed by atoms with Crippen LogP contribution in [0.25, 0.3) is 0 Å². The molecule has 0 aliphatic heterocycles. The molecule has 30 heavy (non-hydrogen) atoms. The molecule has 2 aromatic rings. The van der Waals surface area contributed by atoms with Crippen LogP contribution >= 0.6 is 0 Å². The fourth-order valence-electron chi connectivity index (χ4n) is 4.93. The van der Waals surface area contributed by atoms with E-state index in [4.69, 9.17) is 5.73 Å². The van der Waals surface area contributed by atoms with Gasteiger partial charge < -0.3 is 16.0 Å². The minimum atomic E-state index is -0.204. The number of H-pyrrole nitrogens is 1. The minimum Gasteiger partial charge on any atom is -0.383 e. The molecule has 2 fully saturated rings. The summed E-state index contributed by atoms with van der Waals surface area (Å²) in [6.45, 7) is 2.35. The van der Waals surface area contributed by atoms with Gasteiger partial charge in [0.25, 0.3) is 5.56 Å². The van der Waals surface area contributed by atoms with Crippen LogP contribution in [0.3, 0.4) is 0 Å². The summed E-state index contributed by atoms with van der Waals surface area (Å²) in [5.41, 5.74) is 9.50. The number of aliphatic imine (C=N–C) groups is 1. The molecule has 2 saturated carbocycles. The van der Waals surface area contributed by atoms with Crippen LogP contribution in [0.5, 0.6) is 0 Å². The van der Waals surface area contributed by atoms with Crippen LogP contribution in [0, 0.1) is 5.92 Å². The normalized spacial score (nSPS) is 23.3. The van der Waals surface area contributed by atoms with Crippen molar-refractivity contribution >= 4 is 17.2 Å². The molecule has 2 aliphatic rings. The number of anilines is 1. The Balaban J connectivity index is 1.52. The van der Waals surface area contributed by atoms with E-state index in [0.29, 0.717) is 17.5 Å². The van der Waals surface area contributed by atoms with Gasteiger partial charge in [0.2, 0.25) is 0 Å². The highest BCUT2D eigenvalue weighted by atomic mass is 16.1. The molecule has 5 nitrogen and oxygen atoms in total. The highest BCUT2D eigenvalue weighted by Crippen LogP contribution is 2.36. The van der Waals surface area contributed by atoms with Crippen molar-refractivity contribution in [2.75, 3.05) is 5.32 Å². The van der Waals surface area contributed by atoms with Gasteiger partial charge in [-0.2, -0.15) is 0 Å². The first kappa shape index (κ1) is 20.7. The van der Waals surface area contributed by atoms with Crippen LogP contribution in [0.15, 0.2) is 46.3 Å². The maximum atomic E-state index is 12.5. The van der Waals surface area contributed by atoms with Gasteiger partial charge in [-0.3, -0.25) is 4.79 Å². The van der Waals surface area contributed by atoms with E-state index in [-0.39, 0.29) is 11.4 Å². The second kappa shape index (κ2) is 9.50. The zero-order valence-corrected chi connectivity index (χ0v) is 18.0. The Bertz CT molecular complexity index is 917. The lowest BCUT2D eigenvalue weighted by Gasteiger charge is -2.26. The fourth-order valence-corrected chi connectivity index (χ4v) is 4.93. The lowest BCUT2D eigenvalue weighted by Crippen LogP contribution is -2.29. The number of aromatic nitrogens is 1. The van der Waals surface area contributed by atoms with Crippen molar-refractivity contribution in [3.8, 4) is 0 Å². The number of aromatic amines is 1. The van der Waals surface area contributed by atoms with Crippen LogP contribution in [0.4, 0.5) is 11.4 Å². The molecule has 1 aromatic heterocycles. The van der Waals surface area contributed by atoms with Crippen molar-refractivity contribution in [1.29, 1.82) is 0 Å². The van der Waals surface area contributed by atoms with Gasteiger partial charge in [-0.15, -0.1) is 0 Å². The number of hydrogen-bond donors (Lipinski definition) is 3. The molecule has 4 N–H and O–H groups in total. The Morgan fingerprint density at radius 2 is 1.70 bits per heavy atom. The van der Waals surface area contributed by atoms with E-state index in [9.17, 15) is 4.79 Å². The molecule has 160 valence electrons. The molecule has 0 spiro atoms. The van der Waals surface area contributed by atoms with E-state index in [1.54, 1.807) is 6.20 Å². The summed E-state index contributed by atoms with van der Waals surface area (Å²) in [5, 5.41) is 3.53. The van der Waals surface area contributed by atoms with Crippen LogP contribution in [-0.4, -0.2) is 16.9 Å². The third-order valence-corrected chi connectivity index (χ3v) is 6.81. The van der Waals surface area contributed by atoms with Crippen molar-refractivity contribution in [3.63, 3.8) is 0 Å². The lowest BCUT2D eigenvalue weighted by atomic mass is 9.79. The molecule has 0 unspecified atom stereocenters. The molecule has 0 atom stereocenters. The number of amidine groups is 1. The van der Waals surface area contributed by atoms with Crippen molar-refractivity contribution in [2.45, 2.75) is 76.7 Å². The zero-order chi connectivity index (χ0) is 20.9. The largest absolute Gasteiger partial charge is 0.383 e. The molecule has 0 saturated heterocycles. The van der Waals surface area contributed by atoms with Gasteiger partial charge >= 0.3 is 0 Å². The molecule has 5 heteroatoms. The van der Waals surface area contributed by atoms with Gasteiger partial charge in [-0.25, -0.2) is 4.99 Å². The molecule has 1 heterocycles. The maximum absolute atomic E-state index is 12.5. The summed E-state index contributed by atoms with van der Waals surface area (Å²) >= 11 is 0. The molecular formula is C25H34N4O. The molecule has 1 aromatic carbocycles. The molecule has 0 amide bonds. The van der Waals surface area contributed by atoms with E-state index in [1.165, 1.54) is 50.5 Å². The van der Waals surface area contributed by atoms with E-state index in [1.807, 2.05) is 18.2 Å². The van der Waals surface area contributed by atoms with Gasteiger partial charge in [0, 0.05) is 12.2 Å². The van der Waals surface area contributed by atoms with Gasteiger partial charge in [0.05, 0.1) is 11.4 Å². The number of nitrogens with zero attached hydrogens (tertiary/aromatic N) is 1. The zero-order valence-electron chi connectivity index (χ0n) is 18.0. The fraction of sp³-hybridized carbons (Fsp3) is 0.520. The third kappa shape index (κ3) is 4.94. The Labute approximate surface area is 179 Å². The van der Waals surface area contributed by atoms with Gasteiger partial charge in [0.1, 0.15) is 11.4 Å². The van der Waals surface area contributed by atoms with Gasteiger partial charge in [0.15, 0.2) is 0 Å². The number of nitrogens with one attached hydrogen (secondary N) is 2. The first-order valence-electron chi connectivity index (χ1n) is 11.5. The molecule has 0 bridgehead atoms. The summed E-state index contributed by atoms with van der Waals surface area (Å²) in [6, 6.07) is 10.7. The molecular weight excluding hydrogens is 372 g/mol. The highest BCUT2D eigenvalue weighted by molar-refractivity contribution is 6.03. The summed E-state index contributed by atoms with van der Waals surface area (Å²) in [5.74, 6) is 1.76. The van der Waals surface area contributed by atoms with E-state index in [2.05, 4.69) is 34.3 Å². The molecule has 2 aliphatic carbocycles. The van der Waals surface area contributed by atoms with Crippen LogP contribution in [-0.2, 0) is 0 Å². The van der Waals surface area contributed by atoms with Crippen molar-refractivity contribution in [3.05, 3.63) is 58.0 Å². The third-order valence-electron chi connectivity index (χ3n) is 6.81. The van der Waals surface area contributed by atoms with Gasteiger partial charge in [-0.1, -0.05) is 51.2 Å². The van der Waals surface area contributed by atoms with Crippen LogP contribution in [0.1, 0.15) is 81.8 Å². The predicted molar refractivity (Wildman–Crippen MR) is 125 cm³/mol. The second-order valence-electron chi connectivity index (χ2n) is 9.12. The number of benzene rings is 1. The van der Waals surface area contributed by atoms with Crippen LogP contribution in [0.2, 0.25) is 0 Å². The number of pyridine rings is 1. The number of rotatable bonds is 5. The molecule has 0 radical (unpaired) electrons. The number of hydrogen-bond acceptors (Lipinski definition) is 3. The quantitative estimate of drug-likeness (QED) is 0.456. The minimum absolute atomic E-state index is 0.204. The topological polar surface area (TPSA) is 83.3 Å². The number of nitrogens with two attached hydrogens (primary N) is 1. The smallest absolute Gasteiger partial charge is 0.261 e. The average Bonchev–Trinajstić information content (AvgIpc) is 2.76. The summed E-state index contributed by atoms with van der Waals surface area (Å²) in [6.07, 6.45) is 12.8. The maximum Gasteiger partial charge on any atom is 0.261 e. The summed E-state index contributed by atoms with van der Waals surface area (Å²) < 4.78 is 0. The lowest BCUT2D eigenvalue weighted by molar-refractivity contribution is 0.348. The highest BCUT2D eigenvalue weighted by Gasteiger charge is 2.20. The van der Waals surface area contributed by atoms with E-state index < -0.39 is 0 Å². The van der Waals surface area contributed by atoms with Crippen molar-refractivity contribution < 1.29 is 0 Å². The predicted octanol–water partition coefficient (Wildman–Crippen LogP) is 5.45. The Hall–Kier alpha value is -2.56. The SMILES string of the molecule is CC1CCC(c2ccc(N=C(N)c3c(NC4CCCCC4)cc[nH]c3=O)cc2)CC1. The monoisotopic (exact) mass is 406 g/mol. The van der Waals surface area contributed by atoms with Crippen molar-refractivity contribution in [2.24, 2.45) is 16.6 Å². The average molecular weight is 407 g/mol. The Kier molecular flexibility index (Phi) is 6.56. The van der Waals surface area contributed by atoms with E-state index >= 15 is 0 Å². The Morgan fingerprint density at radius 3 is 2.40 bits per heavy atom. The van der Waals surface area contributed by atoms with E-state index in [0.717, 1.165) is 30.1 Å². The first-order valence-corrected chi connectivity index (χ1v) is 11.5. The Morgan fingerprint density at radius 1 is 1.00 bits per heavy atom.